The number of ether oxygens (including phenoxy) is 1. The molecule has 5 nitrogen and oxygen atoms in total. The molecule has 0 N–H and O–H groups in total. The number of amides is 2. The van der Waals surface area contributed by atoms with E-state index in [4.69, 9.17) is 27.9 Å². The number of alkyl halides is 1. The zero-order chi connectivity index (χ0) is 19.7. The molecule has 8 heteroatoms. The summed E-state index contributed by atoms with van der Waals surface area (Å²) in [5.41, 5.74) is 0.464. The minimum Gasteiger partial charge on any atom is -0.465 e. The summed E-state index contributed by atoms with van der Waals surface area (Å²) < 4.78 is 19.4. The summed E-state index contributed by atoms with van der Waals surface area (Å²) in [6.07, 6.45) is -0.0460. The van der Waals surface area contributed by atoms with Crippen LogP contribution < -0.4 is 4.90 Å². The van der Waals surface area contributed by atoms with Gasteiger partial charge in [0.1, 0.15) is 11.2 Å². The van der Waals surface area contributed by atoms with E-state index in [-0.39, 0.29) is 34.9 Å². The van der Waals surface area contributed by atoms with Gasteiger partial charge in [-0.25, -0.2) is 9.29 Å². The van der Waals surface area contributed by atoms with Crippen LogP contribution in [-0.2, 0) is 16.0 Å². The highest BCUT2D eigenvalue weighted by Crippen LogP contribution is 2.34. The number of esters is 1. The number of nitrogens with zero attached hydrogens (tertiary/aromatic N) is 1. The monoisotopic (exact) mass is 409 g/mol. The van der Waals surface area contributed by atoms with Gasteiger partial charge in [-0.1, -0.05) is 23.7 Å². The number of benzene rings is 2. The van der Waals surface area contributed by atoms with Crippen molar-refractivity contribution in [3.63, 3.8) is 0 Å². The maximum Gasteiger partial charge on any atom is 0.324 e. The maximum absolute atomic E-state index is 14.5. The smallest absolute Gasteiger partial charge is 0.324 e. The Morgan fingerprint density at radius 1 is 1.19 bits per heavy atom. The fraction of sp³-hybridized carbons (Fsp3) is 0.211. The second-order valence-corrected chi connectivity index (χ2v) is 6.74. The molecule has 2 aromatic rings. The van der Waals surface area contributed by atoms with E-state index in [2.05, 4.69) is 0 Å². The van der Waals surface area contributed by atoms with Crippen molar-refractivity contribution in [2.45, 2.75) is 18.7 Å². The van der Waals surface area contributed by atoms with Crippen LogP contribution in [0.3, 0.4) is 0 Å². The molecule has 3 rings (SSSR count). The normalized spacial score (nSPS) is 14.3. The average molecular weight is 410 g/mol. The Balaban J connectivity index is 1.97. The van der Waals surface area contributed by atoms with E-state index in [0.29, 0.717) is 5.56 Å². The molecule has 2 aromatic carbocycles. The van der Waals surface area contributed by atoms with Crippen LogP contribution in [0.5, 0.6) is 0 Å². The number of fused-ring (bicyclic) bond motifs is 1. The molecule has 0 bridgehead atoms. The zero-order valence-electron chi connectivity index (χ0n) is 14.2. The molecule has 0 saturated heterocycles. The van der Waals surface area contributed by atoms with Crippen molar-refractivity contribution in [2.75, 3.05) is 11.5 Å². The topological polar surface area (TPSA) is 63.7 Å². The van der Waals surface area contributed by atoms with Crippen molar-refractivity contribution in [3.05, 3.63) is 63.9 Å². The summed E-state index contributed by atoms with van der Waals surface area (Å²) >= 11 is 12.1. The van der Waals surface area contributed by atoms with E-state index < -0.39 is 29.0 Å². The van der Waals surface area contributed by atoms with Gasteiger partial charge in [0.25, 0.3) is 11.8 Å². The lowest BCUT2D eigenvalue weighted by atomic mass is 10.1. The first-order valence-electron chi connectivity index (χ1n) is 8.11. The Morgan fingerprint density at radius 2 is 1.78 bits per heavy atom. The molecule has 2 amide bonds. The van der Waals surface area contributed by atoms with Gasteiger partial charge in [0, 0.05) is 11.4 Å². The standard InChI is InChI=1S/C19H14Cl2FNO4/c1-2-27-19(26)14(21)7-10-8-16(15(22)9-13(10)20)23-17(24)11-5-3-4-6-12(11)18(23)25/h3-6,8-9,14H,2,7H2,1H3. The maximum atomic E-state index is 14.5. The third kappa shape index (κ3) is 3.55. The summed E-state index contributed by atoms with van der Waals surface area (Å²) in [6, 6.07) is 8.49. The highest BCUT2D eigenvalue weighted by Gasteiger charge is 2.38. The van der Waals surface area contributed by atoms with Crippen molar-refractivity contribution < 1.29 is 23.5 Å². The average Bonchev–Trinajstić information content (AvgIpc) is 2.89. The summed E-state index contributed by atoms with van der Waals surface area (Å²) in [5, 5.41) is -1.01. The number of halogens is 3. The molecule has 1 unspecified atom stereocenters. The third-order valence-electron chi connectivity index (χ3n) is 4.09. The fourth-order valence-electron chi connectivity index (χ4n) is 2.83. The van der Waals surface area contributed by atoms with Gasteiger partial charge >= 0.3 is 5.97 Å². The van der Waals surface area contributed by atoms with E-state index >= 15 is 0 Å². The zero-order valence-corrected chi connectivity index (χ0v) is 15.7. The van der Waals surface area contributed by atoms with Crippen LogP contribution in [0.4, 0.5) is 10.1 Å². The van der Waals surface area contributed by atoms with Crippen LogP contribution in [0.2, 0.25) is 5.02 Å². The Morgan fingerprint density at radius 3 is 2.33 bits per heavy atom. The van der Waals surface area contributed by atoms with Gasteiger partial charge < -0.3 is 4.74 Å². The summed E-state index contributed by atoms with van der Waals surface area (Å²) in [7, 11) is 0. The van der Waals surface area contributed by atoms with Crippen molar-refractivity contribution >= 4 is 46.7 Å². The van der Waals surface area contributed by atoms with Crippen LogP contribution in [-0.4, -0.2) is 29.8 Å². The van der Waals surface area contributed by atoms with Crippen molar-refractivity contribution in [3.8, 4) is 0 Å². The van der Waals surface area contributed by atoms with Crippen LogP contribution in [0.25, 0.3) is 0 Å². The molecule has 0 saturated carbocycles. The highest BCUT2D eigenvalue weighted by molar-refractivity contribution is 6.35. The van der Waals surface area contributed by atoms with Gasteiger partial charge in [0.05, 0.1) is 23.4 Å². The second-order valence-electron chi connectivity index (χ2n) is 5.81. The van der Waals surface area contributed by atoms with Crippen LogP contribution in [0.15, 0.2) is 36.4 Å². The number of hydrogen-bond donors (Lipinski definition) is 0. The van der Waals surface area contributed by atoms with Crippen LogP contribution in [0.1, 0.15) is 33.2 Å². The number of imide groups is 1. The van der Waals surface area contributed by atoms with Gasteiger partial charge in [-0.05, 0) is 36.8 Å². The van der Waals surface area contributed by atoms with Crippen molar-refractivity contribution in [1.82, 2.24) is 0 Å². The fourth-order valence-corrected chi connectivity index (χ4v) is 3.28. The second kappa shape index (κ2) is 7.66. The Labute approximate surface area is 164 Å². The van der Waals surface area contributed by atoms with E-state index in [9.17, 15) is 18.8 Å². The highest BCUT2D eigenvalue weighted by atomic mass is 35.5. The number of carbonyl (C=O) groups is 3. The predicted molar refractivity (Wildman–Crippen MR) is 99.0 cm³/mol. The molecule has 0 fully saturated rings. The van der Waals surface area contributed by atoms with Crippen molar-refractivity contribution in [2.24, 2.45) is 0 Å². The molecule has 1 aliphatic rings. The summed E-state index contributed by atoms with van der Waals surface area (Å²) in [4.78, 5) is 37.6. The lowest BCUT2D eigenvalue weighted by Gasteiger charge is -2.18. The van der Waals surface area contributed by atoms with Crippen LogP contribution >= 0.6 is 23.2 Å². The number of hydrogen-bond acceptors (Lipinski definition) is 4. The molecular formula is C19H14Cl2FNO4. The van der Waals surface area contributed by atoms with E-state index in [0.717, 1.165) is 11.0 Å². The molecule has 0 spiro atoms. The molecule has 1 heterocycles. The summed E-state index contributed by atoms with van der Waals surface area (Å²) in [6.45, 7) is 1.81. The molecule has 1 atom stereocenters. The lowest BCUT2D eigenvalue weighted by Crippen LogP contribution is -2.30. The van der Waals surface area contributed by atoms with E-state index in [1.807, 2.05) is 0 Å². The van der Waals surface area contributed by atoms with E-state index in [1.54, 1.807) is 19.1 Å². The SMILES string of the molecule is CCOC(=O)C(Cl)Cc1cc(N2C(=O)c3ccccc3C2=O)c(F)cc1Cl. The van der Waals surface area contributed by atoms with Crippen LogP contribution in [0, 0.1) is 5.82 Å². The quantitative estimate of drug-likeness (QED) is 0.425. The van der Waals surface area contributed by atoms with Crippen molar-refractivity contribution in [1.29, 1.82) is 0 Å². The van der Waals surface area contributed by atoms with Gasteiger partial charge in [0.2, 0.25) is 0 Å². The number of rotatable bonds is 5. The Kier molecular flexibility index (Phi) is 5.48. The molecule has 27 heavy (non-hydrogen) atoms. The molecule has 0 aliphatic carbocycles. The molecule has 0 radical (unpaired) electrons. The van der Waals surface area contributed by atoms with Gasteiger partial charge in [-0.15, -0.1) is 11.6 Å². The first kappa shape index (κ1) is 19.3. The Bertz CT molecular complexity index is 912. The first-order chi connectivity index (χ1) is 12.8. The summed E-state index contributed by atoms with van der Waals surface area (Å²) in [5.74, 6) is -2.73. The predicted octanol–water partition coefficient (Wildman–Crippen LogP) is 3.99. The number of carbonyl (C=O) groups excluding carboxylic acids is 3. The van der Waals surface area contributed by atoms with Gasteiger partial charge in [-0.3, -0.25) is 14.4 Å². The molecule has 140 valence electrons. The van der Waals surface area contributed by atoms with E-state index in [1.165, 1.54) is 18.2 Å². The minimum atomic E-state index is -1.04. The molecule has 1 aliphatic heterocycles. The van der Waals surface area contributed by atoms with Gasteiger partial charge in [0.15, 0.2) is 0 Å². The minimum absolute atomic E-state index is 0.0304. The molecule has 0 aromatic heterocycles. The largest absolute Gasteiger partial charge is 0.465 e. The van der Waals surface area contributed by atoms with Gasteiger partial charge in [-0.2, -0.15) is 0 Å². The Hall–Kier alpha value is -2.44. The molecular weight excluding hydrogens is 396 g/mol. The third-order valence-corrected chi connectivity index (χ3v) is 4.78. The lowest BCUT2D eigenvalue weighted by molar-refractivity contribution is -0.142. The first-order valence-corrected chi connectivity index (χ1v) is 8.93. The number of anilines is 1.